The van der Waals surface area contributed by atoms with Crippen LogP contribution in [-0.4, -0.2) is 34.6 Å². The van der Waals surface area contributed by atoms with Crippen molar-refractivity contribution in [1.29, 1.82) is 0 Å². The highest BCUT2D eigenvalue weighted by atomic mass is 32.1. The second kappa shape index (κ2) is 4.97. The second-order valence-corrected chi connectivity index (χ2v) is 6.80. The predicted molar refractivity (Wildman–Crippen MR) is 83.4 cm³/mol. The zero-order valence-electron chi connectivity index (χ0n) is 11.7. The molecule has 2 bridgehead atoms. The van der Waals surface area contributed by atoms with E-state index in [1.807, 2.05) is 0 Å². The van der Waals surface area contributed by atoms with E-state index >= 15 is 0 Å². The summed E-state index contributed by atoms with van der Waals surface area (Å²) in [5, 5.41) is 5.84. The topological polar surface area (TPSA) is 41.1 Å². The Hall–Kier alpha value is -1.20. The second-order valence-electron chi connectivity index (χ2n) is 5.88. The van der Waals surface area contributed by atoms with Crippen LogP contribution in [0.25, 0.3) is 10.2 Å². The van der Waals surface area contributed by atoms with Gasteiger partial charge in [0.15, 0.2) is 0 Å². The number of thiophene rings is 1. The van der Waals surface area contributed by atoms with Gasteiger partial charge in [0.25, 0.3) is 0 Å². The third-order valence-electron chi connectivity index (χ3n) is 4.73. The monoisotopic (exact) mass is 288 g/mol. The molecule has 106 valence electrons. The van der Waals surface area contributed by atoms with Crippen molar-refractivity contribution in [2.75, 3.05) is 11.4 Å². The maximum absolute atomic E-state index is 4.60. The summed E-state index contributed by atoms with van der Waals surface area (Å²) < 4.78 is 1.24. The van der Waals surface area contributed by atoms with Crippen LogP contribution in [0.2, 0.25) is 0 Å². The molecule has 0 spiro atoms. The Balaban J connectivity index is 1.69. The van der Waals surface area contributed by atoms with Crippen LogP contribution in [0.15, 0.2) is 17.8 Å². The molecule has 2 atom stereocenters. The number of hydrogen-bond acceptors (Lipinski definition) is 5. The fraction of sp³-hybridized carbons (Fsp3) is 0.600. The van der Waals surface area contributed by atoms with Crippen LogP contribution < -0.4 is 10.2 Å². The fourth-order valence-corrected chi connectivity index (χ4v) is 4.69. The van der Waals surface area contributed by atoms with Gasteiger partial charge in [-0.25, -0.2) is 9.97 Å². The summed E-state index contributed by atoms with van der Waals surface area (Å²) in [7, 11) is 0. The Bertz CT molecular complexity index is 599. The molecule has 0 aliphatic carbocycles. The van der Waals surface area contributed by atoms with Crippen molar-refractivity contribution >= 4 is 27.4 Å². The van der Waals surface area contributed by atoms with E-state index in [9.17, 15) is 0 Å². The Morgan fingerprint density at radius 1 is 1.30 bits per heavy atom. The Labute approximate surface area is 123 Å². The lowest BCUT2D eigenvalue weighted by Gasteiger charge is -2.38. The largest absolute Gasteiger partial charge is 0.353 e. The molecule has 1 N–H and O–H groups in total. The smallest absolute Gasteiger partial charge is 0.150 e. The Kier molecular flexibility index (Phi) is 3.11. The molecule has 2 aromatic rings. The number of rotatable bonds is 3. The van der Waals surface area contributed by atoms with Gasteiger partial charge >= 0.3 is 0 Å². The number of piperidine rings is 1. The van der Waals surface area contributed by atoms with Crippen molar-refractivity contribution in [2.45, 2.75) is 50.7 Å². The van der Waals surface area contributed by atoms with E-state index in [4.69, 9.17) is 0 Å². The summed E-state index contributed by atoms with van der Waals surface area (Å²) in [5.74, 6) is 1.14. The van der Waals surface area contributed by atoms with Gasteiger partial charge in [0, 0.05) is 24.7 Å². The summed E-state index contributed by atoms with van der Waals surface area (Å²) in [6.45, 7) is 3.26. The molecule has 2 aliphatic heterocycles. The molecule has 0 saturated carbocycles. The number of hydrogen-bond donors (Lipinski definition) is 1. The molecule has 2 fully saturated rings. The van der Waals surface area contributed by atoms with E-state index < -0.39 is 0 Å². The standard InChI is InChI=1S/C15H20N4S/c1-2-19(12-7-10-3-4-11(8-12)18-10)15-14-13(5-6-20-14)16-9-17-15/h5-6,9-12,18H,2-4,7-8H2,1H3. The molecule has 5 heteroatoms. The van der Waals surface area contributed by atoms with Crippen molar-refractivity contribution in [3.63, 3.8) is 0 Å². The summed E-state index contributed by atoms with van der Waals surface area (Å²) in [4.78, 5) is 11.5. The third kappa shape index (κ3) is 2.00. The van der Waals surface area contributed by atoms with Gasteiger partial charge in [-0.2, -0.15) is 0 Å². The van der Waals surface area contributed by atoms with Crippen molar-refractivity contribution in [2.24, 2.45) is 0 Å². The summed E-state index contributed by atoms with van der Waals surface area (Å²) in [5.41, 5.74) is 1.08. The quantitative estimate of drug-likeness (QED) is 0.943. The molecular weight excluding hydrogens is 268 g/mol. The highest BCUT2D eigenvalue weighted by Crippen LogP contribution is 2.35. The third-order valence-corrected chi connectivity index (χ3v) is 5.63. The Morgan fingerprint density at radius 3 is 2.85 bits per heavy atom. The van der Waals surface area contributed by atoms with Crippen LogP contribution in [-0.2, 0) is 0 Å². The zero-order valence-corrected chi connectivity index (χ0v) is 12.6. The van der Waals surface area contributed by atoms with Crippen molar-refractivity contribution < 1.29 is 0 Å². The van der Waals surface area contributed by atoms with E-state index in [1.165, 1.54) is 30.4 Å². The first-order chi connectivity index (χ1) is 9.85. The molecule has 0 aromatic carbocycles. The number of nitrogens with zero attached hydrogens (tertiary/aromatic N) is 3. The maximum Gasteiger partial charge on any atom is 0.150 e. The van der Waals surface area contributed by atoms with Gasteiger partial charge < -0.3 is 10.2 Å². The Morgan fingerprint density at radius 2 is 2.10 bits per heavy atom. The van der Waals surface area contributed by atoms with Gasteiger partial charge in [-0.05, 0) is 44.1 Å². The molecule has 0 radical (unpaired) electrons. The minimum atomic E-state index is 0.624. The van der Waals surface area contributed by atoms with Gasteiger partial charge in [-0.1, -0.05) is 0 Å². The first-order valence-electron chi connectivity index (χ1n) is 7.56. The lowest BCUT2D eigenvalue weighted by atomic mass is 9.98. The molecule has 20 heavy (non-hydrogen) atoms. The molecule has 2 aromatic heterocycles. The average molecular weight is 288 g/mol. The van der Waals surface area contributed by atoms with E-state index in [-0.39, 0.29) is 0 Å². The van der Waals surface area contributed by atoms with Gasteiger partial charge in [0.2, 0.25) is 0 Å². The highest BCUT2D eigenvalue weighted by molar-refractivity contribution is 7.17. The number of anilines is 1. The fourth-order valence-electron chi connectivity index (χ4n) is 3.84. The van der Waals surface area contributed by atoms with Crippen LogP contribution in [0.3, 0.4) is 0 Å². The van der Waals surface area contributed by atoms with Gasteiger partial charge in [-0.15, -0.1) is 11.3 Å². The molecule has 4 rings (SSSR count). The molecule has 2 saturated heterocycles. The van der Waals surface area contributed by atoms with E-state index in [0.29, 0.717) is 18.1 Å². The minimum absolute atomic E-state index is 0.624. The first-order valence-corrected chi connectivity index (χ1v) is 8.44. The normalized spacial score (nSPS) is 28.9. The maximum atomic E-state index is 4.60. The summed E-state index contributed by atoms with van der Waals surface area (Å²) >= 11 is 1.76. The molecule has 4 nitrogen and oxygen atoms in total. The van der Waals surface area contributed by atoms with E-state index in [1.54, 1.807) is 17.7 Å². The minimum Gasteiger partial charge on any atom is -0.353 e. The van der Waals surface area contributed by atoms with Crippen LogP contribution in [0.1, 0.15) is 32.6 Å². The van der Waals surface area contributed by atoms with E-state index in [2.05, 4.69) is 38.6 Å². The summed E-state index contributed by atoms with van der Waals surface area (Å²) in [6.07, 6.45) is 6.90. The lowest BCUT2D eigenvalue weighted by Crippen LogP contribution is -2.48. The molecule has 4 heterocycles. The van der Waals surface area contributed by atoms with Crippen LogP contribution >= 0.6 is 11.3 Å². The average Bonchev–Trinajstić information content (AvgIpc) is 3.07. The van der Waals surface area contributed by atoms with Crippen LogP contribution in [0.4, 0.5) is 5.82 Å². The summed E-state index contributed by atoms with van der Waals surface area (Å²) in [6, 6.07) is 4.14. The lowest BCUT2D eigenvalue weighted by molar-refractivity contribution is 0.348. The number of fused-ring (bicyclic) bond motifs is 3. The molecule has 2 unspecified atom stereocenters. The van der Waals surface area contributed by atoms with E-state index in [0.717, 1.165) is 17.9 Å². The van der Waals surface area contributed by atoms with Crippen molar-refractivity contribution in [3.05, 3.63) is 17.8 Å². The number of aromatic nitrogens is 2. The zero-order chi connectivity index (χ0) is 13.5. The molecular formula is C15H20N4S. The van der Waals surface area contributed by atoms with Crippen molar-refractivity contribution in [1.82, 2.24) is 15.3 Å². The van der Waals surface area contributed by atoms with Gasteiger partial charge in [-0.3, -0.25) is 0 Å². The molecule has 0 amide bonds. The molecule has 2 aliphatic rings. The number of nitrogens with one attached hydrogen (secondary N) is 1. The van der Waals surface area contributed by atoms with Crippen LogP contribution in [0.5, 0.6) is 0 Å². The first kappa shape index (κ1) is 12.5. The SMILES string of the molecule is CCN(c1ncnc2ccsc12)C1CC2CCC(C1)N2. The van der Waals surface area contributed by atoms with Crippen LogP contribution in [0, 0.1) is 0 Å². The van der Waals surface area contributed by atoms with Gasteiger partial charge in [0.05, 0.1) is 10.2 Å². The van der Waals surface area contributed by atoms with Crippen molar-refractivity contribution in [3.8, 4) is 0 Å². The highest BCUT2D eigenvalue weighted by Gasteiger charge is 2.36. The predicted octanol–water partition coefficient (Wildman–Crippen LogP) is 2.80. The van der Waals surface area contributed by atoms with Gasteiger partial charge in [0.1, 0.15) is 12.1 Å².